The van der Waals surface area contributed by atoms with Crippen molar-refractivity contribution in [3.05, 3.63) is 6.33 Å². The number of aromatic nitrogens is 2. The fourth-order valence-electron chi connectivity index (χ4n) is 0.914. The average Bonchev–Trinajstić information content (AvgIpc) is 2.64. The molecule has 1 N–H and O–H groups in total. The summed E-state index contributed by atoms with van der Waals surface area (Å²) in [5.74, 6) is -0.892. The van der Waals surface area contributed by atoms with Gasteiger partial charge in [-0.05, 0) is 0 Å². The summed E-state index contributed by atoms with van der Waals surface area (Å²) in [4.78, 5) is 16.1. The lowest BCUT2D eigenvalue weighted by atomic mass is 10.5. The molecular formula is C7H11N3O3S. The van der Waals surface area contributed by atoms with Gasteiger partial charge in [-0.3, -0.25) is 4.79 Å². The maximum Gasteiger partial charge on any atom is 0.323 e. The van der Waals surface area contributed by atoms with E-state index < -0.39 is 5.97 Å². The maximum atomic E-state index is 10.5. The fraction of sp³-hybridized carbons (Fsp3) is 0.571. The van der Waals surface area contributed by atoms with E-state index in [2.05, 4.69) is 9.36 Å². The second kappa shape index (κ2) is 5.51. The van der Waals surface area contributed by atoms with Crippen molar-refractivity contribution in [3.63, 3.8) is 0 Å². The molecule has 0 saturated heterocycles. The number of carboxylic acid groups (broad SMARTS) is 1. The minimum atomic E-state index is -0.892. The Hall–Kier alpha value is -1.21. The number of carboxylic acids is 1. The zero-order chi connectivity index (χ0) is 10.4. The Morgan fingerprint density at radius 3 is 3.07 bits per heavy atom. The second-order valence-corrected chi connectivity index (χ2v) is 3.29. The molecule has 0 saturated carbocycles. The van der Waals surface area contributed by atoms with E-state index in [0.717, 1.165) is 0 Å². The predicted octanol–water partition coefficient (Wildman–Crippen LogP) is 0.0755. The van der Waals surface area contributed by atoms with Crippen LogP contribution in [0, 0.1) is 0 Å². The number of nitrogens with zero attached hydrogens (tertiary/aromatic N) is 3. The highest BCUT2D eigenvalue weighted by atomic mass is 32.1. The van der Waals surface area contributed by atoms with E-state index in [1.807, 2.05) is 0 Å². The van der Waals surface area contributed by atoms with Crippen LogP contribution in [0.25, 0.3) is 0 Å². The normalized spacial score (nSPS) is 10.1. The molecule has 0 spiro atoms. The molecule has 1 aromatic heterocycles. The molecule has 0 bridgehead atoms. The van der Waals surface area contributed by atoms with E-state index in [4.69, 9.17) is 9.84 Å². The summed E-state index contributed by atoms with van der Waals surface area (Å²) in [6.07, 6.45) is 1.40. The van der Waals surface area contributed by atoms with Gasteiger partial charge in [0.1, 0.15) is 12.9 Å². The van der Waals surface area contributed by atoms with E-state index in [1.165, 1.54) is 17.9 Å². The molecule has 78 valence electrons. The molecule has 0 fully saturated rings. The standard InChI is InChI=1S/C7H11N3O3S/c1-13-3-2-10(4-6(11)12)7-8-5-9-14-7/h5H,2-4H2,1H3,(H,11,12). The van der Waals surface area contributed by atoms with Crippen molar-refractivity contribution in [1.29, 1.82) is 0 Å². The van der Waals surface area contributed by atoms with Gasteiger partial charge in [0.15, 0.2) is 0 Å². The number of anilines is 1. The second-order valence-electron chi connectivity index (χ2n) is 2.53. The summed E-state index contributed by atoms with van der Waals surface area (Å²) in [5.41, 5.74) is 0. The van der Waals surface area contributed by atoms with Gasteiger partial charge in [-0.2, -0.15) is 4.37 Å². The first-order chi connectivity index (χ1) is 6.74. The van der Waals surface area contributed by atoms with Crippen LogP contribution in [-0.2, 0) is 9.53 Å². The molecule has 0 aliphatic carbocycles. The van der Waals surface area contributed by atoms with Gasteiger partial charge in [-0.25, -0.2) is 4.98 Å². The van der Waals surface area contributed by atoms with E-state index in [1.54, 1.807) is 12.0 Å². The third kappa shape index (κ3) is 3.27. The van der Waals surface area contributed by atoms with Gasteiger partial charge in [-0.1, -0.05) is 0 Å². The molecule has 1 rings (SSSR count). The first-order valence-electron chi connectivity index (χ1n) is 3.96. The summed E-state index contributed by atoms with van der Waals surface area (Å²) in [6.45, 7) is 0.878. The highest BCUT2D eigenvalue weighted by Crippen LogP contribution is 2.13. The van der Waals surface area contributed by atoms with Gasteiger partial charge in [0.05, 0.1) is 6.61 Å². The Bertz CT molecular complexity index is 278. The van der Waals surface area contributed by atoms with Crippen LogP contribution in [0.4, 0.5) is 5.13 Å². The number of carbonyl (C=O) groups is 1. The Kier molecular flexibility index (Phi) is 4.27. The van der Waals surface area contributed by atoms with Crippen LogP contribution in [0.5, 0.6) is 0 Å². The molecule has 0 aliphatic heterocycles. The lowest BCUT2D eigenvalue weighted by molar-refractivity contribution is -0.135. The first-order valence-corrected chi connectivity index (χ1v) is 4.73. The van der Waals surface area contributed by atoms with Gasteiger partial charge >= 0.3 is 5.97 Å². The molecule has 0 unspecified atom stereocenters. The van der Waals surface area contributed by atoms with E-state index in [-0.39, 0.29) is 6.54 Å². The van der Waals surface area contributed by atoms with Crippen molar-refractivity contribution in [3.8, 4) is 0 Å². The quantitative estimate of drug-likeness (QED) is 0.727. The van der Waals surface area contributed by atoms with Gasteiger partial charge < -0.3 is 14.7 Å². The maximum absolute atomic E-state index is 10.5. The molecule has 14 heavy (non-hydrogen) atoms. The molecule has 6 nitrogen and oxygen atoms in total. The number of ether oxygens (including phenoxy) is 1. The van der Waals surface area contributed by atoms with E-state index in [9.17, 15) is 4.79 Å². The van der Waals surface area contributed by atoms with Gasteiger partial charge in [0.25, 0.3) is 0 Å². The van der Waals surface area contributed by atoms with Gasteiger partial charge in [-0.15, -0.1) is 0 Å². The van der Waals surface area contributed by atoms with Crippen molar-refractivity contribution in [2.45, 2.75) is 0 Å². The molecule has 0 atom stereocenters. The van der Waals surface area contributed by atoms with Gasteiger partial charge in [0.2, 0.25) is 5.13 Å². The Labute approximate surface area is 85.3 Å². The minimum Gasteiger partial charge on any atom is -0.480 e. The average molecular weight is 217 g/mol. The number of methoxy groups -OCH3 is 1. The molecule has 0 amide bonds. The van der Waals surface area contributed by atoms with Crippen LogP contribution < -0.4 is 4.90 Å². The molecule has 7 heteroatoms. The van der Waals surface area contributed by atoms with Crippen LogP contribution in [0.15, 0.2) is 6.33 Å². The van der Waals surface area contributed by atoms with E-state index >= 15 is 0 Å². The molecule has 0 aliphatic rings. The fourth-order valence-corrected chi connectivity index (χ4v) is 1.47. The lowest BCUT2D eigenvalue weighted by Gasteiger charge is -2.17. The zero-order valence-corrected chi connectivity index (χ0v) is 8.53. The first kappa shape index (κ1) is 10.9. The number of aliphatic carboxylic acids is 1. The van der Waals surface area contributed by atoms with Crippen molar-refractivity contribution in [2.24, 2.45) is 0 Å². The summed E-state index contributed by atoms with van der Waals surface area (Å²) in [7, 11) is 1.57. The molecular weight excluding hydrogens is 206 g/mol. The smallest absolute Gasteiger partial charge is 0.323 e. The van der Waals surface area contributed by atoms with Crippen LogP contribution in [0.2, 0.25) is 0 Å². The van der Waals surface area contributed by atoms with Crippen LogP contribution >= 0.6 is 11.5 Å². The van der Waals surface area contributed by atoms with E-state index in [0.29, 0.717) is 18.3 Å². The monoisotopic (exact) mass is 217 g/mol. The summed E-state index contributed by atoms with van der Waals surface area (Å²) < 4.78 is 8.69. The third-order valence-corrected chi connectivity index (χ3v) is 2.24. The number of hydrogen-bond acceptors (Lipinski definition) is 6. The minimum absolute atomic E-state index is 0.0848. The lowest BCUT2D eigenvalue weighted by Crippen LogP contribution is -2.32. The molecule has 0 aromatic carbocycles. The van der Waals surface area contributed by atoms with Crippen molar-refractivity contribution in [2.75, 3.05) is 31.7 Å². The van der Waals surface area contributed by atoms with Crippen molar-refractivity contribution < 1.29 is 14.6 Å². The molecule has 0 radical (unpaired) electrons. The predicted molar refractivity (Wildman–Crippen MR) is 51.6 cm³/mol. The summed E-state index contributed by atoms with van der Waals surface area (Å²) >= 11 is 1.17. The largest absolute Gasteiger partial charge is 0.480 e. The highest BCUT2D eigenvalue weighted by molar-refractivity contribution is 7.09. The summed E-state index contributed by atoms with van der Waals surface area (Å²) in [6, 6.07) is 0. The van der Waals surface area contributed by atoms with Crippen molar-refractivity contribution in [1.82, 2.24) is 9.36 Å². The van der Waals surface area contributed by atoms with Gasteiger partial charge in [0, 0.05) is 25.2 Å². The Morgan fingerprint density at radius 1 is 1.79 bits per heavy atom. The zero-order valence-electron chi connectivity index (χ0n) is 7.71. The topological polar surface area (TPSA) is 75.5 Å². The SMILES string of the molecule is COCCN(CC(=O)O)c1ncns1. The Balaban J connectivity index is 2.57. The number of hydrogen-bond donors (Lipinski definition) is 1. The Morgan fingerprint density at radius 2 is 2.57 bits per heavy atom. The highest BCUT2D eigenvalue weighted by Gasteiger charge is 2.12. The summed E-state index contributed by atoms with van der Waals surface area (Å²) in [5, 5.41) is 9.26. The molecule has 1 heterocycles. The van der Waals surface area contributed by atoms with Crippen LogP contribution in [-0.4, -0.2) is 47.2 Å². The van der Waals surface area contributed by atoms with Crippen LogP contribution in [0.1, 0.15) is 0 Å². The van der Waals surface area contributed by atoms with Crippen molar-refractivity contribution >= 4 is 22.6 Å². The number of rotatable bonds is 6. The third-order valence-electron chi connectivity index (χ3n) is 1.51. The van der Waals surface area contributed by atoms with Crippen LogP contribution in [0.3, 0.4) is 0 Å². The molecule has 1 aromatic rings.